The van der Waals surface area contributed by atoms with Gasteiger partial charge < -0.3 is 10.6 Å². The summed E-state index contributed by atoms with van der Waals surface area (Å²) >= 11 is 0. The first-order valence-electron chi connectivity index (χ1n) is 6.40. The Hall–Kier alpha value is -1.63. The number of halogens is 1. The topological polar surface area (TPSA) is 75.3 Å². The van der Waals surface area contributed by atoms with E-state index in [1.54, 1.807) is 0 Å². The third kappa shape index (κ3) is 3.93. The van der Waals surface area contributed by atoms with Gasteiger partial charge in [-0.15, -0.1) is 0 Å². The molecule has 1 fully saturated rings. The highest BCUT2D eigenvalue weighted by Crippen LogP contribution is 2.23. The third-order valence-electron chi connectivity index (χ3n) is 3.20. The van der Waals surface area contributed by atoms with Gasteiger partial charge in [-0.1, -0.05) is 0 Å². The first kappa shape index (κ1) is 14.8. The third-order valence-corrected chi connectivity index (χ3v) is 4.92. The van der Waals surface area contributed by atoms with Crippen molar-refractivity contribution in [1.82, 2.24) is 0 Å². The molecular formula is C13H17FN2O3S. The summed E-state index contributed by atoms with van der Waals surface area (Å²) in [4.78, 5) is 11.0. The van der Waals surface area contributed by atoms with Crippen LogP contribution in [-0.4, -0.2) is 31.9 Å². The standard InChI is InChI=1S/C13H17FN2O3S/c1-9(17)15-11-2-3-12(14)13(8-11)16-10-4-6-20(18,19)7-5-10/h2-3,8,10,16H,4-7H2,1H3,(H,15,17). The van der Waals surface area contributed by atoms with E-state index >= 15 is 0 Å². The van der Waals surface area contributed by atoms with E-state index in [0.717, 1.165) is 0 Å². The molecule has 1 aliphatic rings. The SMILES string of the molecule is CC(=O)Nc1ccc(F)c(NC2CCS(=O)(=O)CC2)c1. The summed E-state index contributed by atoms with van der Waals surface area (Å²) in [7, 11) is -2.93. The Bertz CT molecular complexity index is 602. The molecule has 5 nitrogen and oxygen atoms in total. The number of amides is 1. The van der Waals surface area contributed by atoms with Gasteiger partial charge in [0.25, 0.3) is 0 Å². The minimum atomic E-state index is -2.93. The maximum Gasteiger partial charge on any atom is 0.221 e. The molecule has 1 amide bonds. The number of anilines is 2. The van der Waals surface area contributed by atoms with Crippen LogP contribution >= 0.6 is 0 Å². The Labute approximate surface area is 117 Å². The van der Waals surface area contributed by atoms with Crippen molar-refractivity contribution in [3.63, 3.8) is 0 Å². The maximum absolute atomic E-state index is 13.7. The molecule has 0 bridgehead atoms. The Morgan fingerprint density at radius 1 is 1.30 bits per heavy atom. The molecule has 1 aliphatic heterocycles. The second kappa shape index (κ2) is 5.78. The first-order valence-corrected chi connectivity index (χ1v) is 8.22. The van der Waals surface area contributed by atoms with Crippen LogP contribution in [0, 0.1) is 5.82 Å². The molecule has 1 aromatic carbocycles. The van der Waals surface area contributed by atoms with Gasteiger partial charge in [-0.05, 0) is 31.0 Å². The van der Waals surface area contributed by atoms with Gasteiger partial charge in [0.2, 0.25) is 5.91 Å². The molecule has 0 aromatic heterocycles. The Kier molecular flexibility index (Phi) is 4.27. The molecule has 20 heavy (non-hydrogen) atoms. The average molecular weight is 300 g/mol. The Morgan fingerprint density at radius 3 is 2.55 bits per heavy atom. The van der Waals surface area contributed by atoms with Gasteiger partial charge in [0.1, 0.15) is 15.7 Å². The fourth-order valence-corrected chi connectivity index (χ4v) is 3.66. The summed E-state index contributed by atoms with van der Waals surface area (Å²) in [6.45, 7) is 1.38. The van der Waals surface area contributed by atoms with E-state index in [0.29, 0.717) is 18.5 Å². The first-order chi connectivity index (χ1) is 9.35. The Balaban J connectivity index is 2.07. The summed E-state index contributed by atoms with van der Waals surface area (Å²) < 4.78 is 36.4. The van der Waals surface area contributed by atoms with Crippen LogP contribution in [0.1, 0.15) is 19.8 Å². The van der Waals surface area contributed by atoms with Gasteiger partial charge in [0.05, 0.1) is 17.2 Å². The zero-order chi connectivity index (χ0) is 14.8. The highest BCUT2D eigenvalue weighted by Gasteiger charge is 2.24. The molecule has 0 radical (unpaired) electrons. The molecule has 1 heterocycles. The number of hydrogen-bond donors (Lipinski definition) is 2. The van der Waals surface area contributed by atoms with Crippen molar-refractivity contribution in [1.29, 1.82) is 0 Å². The summed E-state index contributed by atoms with van der Waals surface area (Å²) in [5.74, 6) is -0.408. The van der Waals surface area contributed by atoms with Crippen molar-refractivity contribution in [3.05, 3.63) is 24.0 Å². The van der Waals surface area contributed by atoms with Crippen molar-refractivity contribution < 1.29 is 17.6 Å². The van der Waals surface area contributed by atoms with Crippen LogP contribution in [-0.2, 0) is 14.6 Å². The van der Waals surface area contributed by atoms with Crippen molar-refractivity contribution >= 4 is 27.1 Å². The minimum absolute atomic E-state index is 0.0689. The number of carbonyl (C=O) groups is 1. The molecule has 110 valence electrons. The van der Waals surface area contributed by atoms with Crippen molar-refractivity contribution in [2.75, 3.05) is 22.1 Å². The lowest BCUT2D eigenvalue weighted by Gasteiger charge is -2.24. The predicted octanol–water partition coefficient (Wildman–Crippen LogP) is 1.77. The smallest absolute Gasteiger partial charge is 0.221 e. The number of hydrogen-bond acceptors (Lipinski definition) is 4. The zero-order valence-electron chi connectivity index (χ0n) is 11.1. The van der Waals surface area contributed by atoms with E-state index in [1.807, 2.05) is 0 Å². The van der Waals surface area contributed by atoms with Crippen molar-refractivity contribution in [3.8, 4) is 0 Å². The molecule has 2 N–H and O–H groups in total. The minimum Gasteiger partial charge on any atom is -0.380 e. The fraction of sp³-hybridized carbons (Fsp3) is 0.462. The number of rotatable bonds is 3. The van der Waals surface area contributed by atoms with Crippen molar-refractivity contribution in [2.45, 2.75) is 25.8 Å². The lowest BCUT2D eigenvalue weighted by Crippen LogP contribution is -2.32. The number of carbonyl (C=O) groups excluding carboxylic acids is 1. The molecule has 0 atom stereocenters. The lowest BCUT2D eigenvalue weighted by atomic mass is 10.1. The number of sulfone groups is 1. The van der Waals surface area contributed by atoms with E-state index in [-0.39, 0.29) is 29.1 Å². The van der Waals surface area contributed by atoms with Crippen LogP contribution < -0.4 is 10.6 Å². The van der Waals surface area contributed by atoms with Crippen LogP contribution in [0.25, 0.3) is 0 Å². The average Bonchev–Trinajstić information content (AvgIpc) is 2.35. The van der Waals surface area contributed by atoms with E-state index in [1.165, 1.54) is 25.1 Å². The molecule has 1 aromatic rings. The maximum atomic E-state index is 13.7. The van der Waals surface area contributed by atoms with Gasteiger partial charge in [-0.25, -0.2) is 12.8 Å². The van der Waals surface area contributed by atoms with Gasteiger partial charge in [0, 0.05) is 18.7 Å². The second-order valence-corrected chi connectivity index (χ2v) is 7.25. The van der Waals surface area contributed by atoms with Gasteiger partial charge >= 0.3 is 0 Å². The van der Waals surface area contributed by atoms with E-state index < -0.39 is 15.7 Å². The molecule has 0 aliphatic carbocycles. The van der Waals surface area contributed by atoms with Crippen LogP contribution in [0.15, 0.2) is 18.2 Å². The monoisotopic (exact) mass is 300 g/mol. The molecule has 0 spiro atoms. The number of nitrogens with one attached hydrogen (secondary N) is 2. The largest absolute Gasteiger partial charge is 0.380 e. The van der Waals surface area contributed by atoms with Gasteiger partial charge in [-0.3, -0.25) is 4.79 Å². The molecule has 0 unspecified atom stereocenters. The van der Waals surface area contributed by atoms with Crippen LogP contribution in [0.3, 0.4) is 0 Å². The molecule has 7 heteroatoms. The van der Waals surface area contributed by atoms with Gasteiger partial charge in [0.15, 0.2) is 0 Å². The summed E-state index contributed by atoms with van der Waals surface area (Å²) in [5, 5.41) is 5.59. The highest BCUT2D eigenvalue weighted by molar-refractivity contribution is 7.91. The van der Waals surface area contributed by atoms with Crippen LogP contribution in [0.2, 0.25) is 0 Å². The Morgan fingerprint density at radius 2 is 1.95 bits per heavy atom. The zero-order valence-corrected chi connectivity index (χ0v) is 12.0. The van der Waals surface area contributed by atoms with E-state index in [2.05, 4.69) is 10.6 Å². The molecular weight excluding hydrogens is 283 g/mol. The predicted molar refractivity (Wildman–Crippen MR) is 76.0 cm³/mol. The van der Waals surface area contributed by atoms with Gasteiger partial charge in [-0.2, -0.15) is 0 Å². The van der Waals surface area contributed by atoms with E-state index in [9.17, 15) is 17.6 Å². The molecule has 1 saturated heterocycles. The fourth-order valence-electron chi connectivity index (χ4n) is 2.17. The number of benzene rings is 1. The van der Waals surface area contributed by atoms with E-state index in [4.69, 9.17) is 0 Å². The molecule has 0 saturated carbocycles. The normalized spacial score (nSPS) is 18.5. The highest BCUT2D eigenvalue weighted by atomic mass is 32.2. The summed E-state index contributed by atoms with van der Waals surface area (Å²) in [5.41, 5.74) is 0.783. The molecule has 2 rings (SSSR count). The summed E-state index contributed by atoms with van der Waals surface area (Å²) in [6.07, 6.45) is 0.929. The van der Waals surface area contributed by atoms with Crippen LogP contribution in [0.5, 0.6) is 0 Å². The van der Waals surface area contributed by atoms with Crippen LogP contribution in [0.4, 0.5) is 15.8 Å². The quantitative estimate of drug-likeness (QED) is 0.892. The van der Waals surface area contributed by atoms with Crippen molar-refractivity contribution in [2.24, 2.45) is 0 Å². The second-order valence-electron chi connectivity index (χ2n) is 4.95. The lowest BCUT2D eigenvalue weighted by molar-refractivity contribution is -0.114. The summed E-state index contributed by atoms with van der Waals surface area (Å²) in [6, 6.07) is 4.20.